The van der Waals surface area contributed by atoms with Crippen LogP contribution < -0.4 is 0 Å². The second-order valence-corrected chi connectivity index (χ2v) is 4.60. The number of hydrogen-bond acceptors (Lipinski definition) is 2. The van der Waals surface area contributed by atoms with E-state index >= 15 is 0 Å². The molecule has 0 unspecified atom stereocenters. The fraction of sp³-hybridized carbons (Fsp3) is 0.0588. The van der Waals surface area contributed by atoms with E-state index in [1.54, 1.807) is 12.1 Å². The van der Waals surface area contributed by atoms with Crippen molar-refractivity contribution in [3.8, 4) is 16.9 Å². The molecule has 19 heavy (non-hydrogen) atoms. The Balaban J connectivity index is 2.08. The van der Waals surface area contributed by atoms with Gasteiger partial charge in [-0.05, 0) is 51.7 Å². The van der Waals surface area contributed by atoms with Crippen LogP contribution in [0.5, 0.6) is 5.75 Å². The lowest BCUT2D eigenvalue weighted by Crippen LogP contribution is -1.84. The molecular weight excluding hydrogens is 236 g/mol. The highest BCUT2D eigenvalue weighted by molar-refractivity contribution is 5.87. The van der Waals surface area contributed by atoms with Crippen LogP contribution in [0, 0.1) is 0 Å². The SMILES string of the molecule is OCc1ccc2cc(-c3ccc(O)cc3)ccc2c1. The molecule has 0 bridgehead atoms. The molecule has 0 aliphatic rings. The second-order valence-electron chi connectivity index (χ2n) is 4.60. The Morgan fingerprint density at radius 2 is 1.32 bits per heavy atom. The maximum Gasteiger partial charge on any atom is 0.115 e. The van der Waals surface area contributed by atoms with Crippen molar-refractivity contribution in [3.63, 3.8) is 0 Å². The molecular formula is C17H14O2. The molecule has 0 amide bonds. The van der Waals surface area contributed by atoms with Crippen LogP contribution in [0.15, 0.2) is 60.7 Å². The number of hydrogen-bond donors (Lipinski definition) is 2. The summed E-state index contributed by atoms with van der Waals surface area (Å²) in [5.41, 5.74) is 3.11. The largest absolute Gasteiger partial charge is 0.508 e. The molecule has 3 rings (SSSR count). The molecule has 0 aromatic heterocycles. The number of aliphatic hydroxyl groups excluding tert-OH is 1. The summed E-state index contributed by atoms with van der Waals surface area (Å²) in [4.78, 5) is 0. The van der Waals surface area contributed by atoms with Gasteiger partial charge in [-0.25, -0.2) is 0 Å². The van der Waals surface area contributed by atoms with Crippen molar-refractivity contribution < 1.29 is 10.2 Å². The Labute approximate surface area is 111 Å². The van der Waals surface area contributed by atoms with Crippen LogP contribution in [-0.4, -0.2) is 10.2 Å². The molecule has 94 valence electrons. The van der Waals surface area contributed by atoms with Gasteiger partial charge in [0, 0.05) is 0 Å². The van der Waals surface area contributed by atoms with E-state index in [-0.39, 0.29) is 12.4 Å². The van der Waals surface area contributed by atoms with E-state index in [4.69, 9.17) is 5.11 Å². The van der Waals surface area contributed by atoms with Crippen LogP contribution in [-0.2, 0) is 6.61 Å². The van der Waals surface area contributed by atoms with Crippen molar-refractivity contribution >= 4 is 10.8 Å². The van der Waals surface area contributed by atoms with Crippen LogP contribution in [0.3, 0.4) is 0 Å². The van der Waals surface area contributed by atoms with Crippen LogP contribution in [0.2, 0.25) is 0 Å². The number of phenolic OH excluding ortho intramolecular Hbond substituents is 1. The summed E-state index contributed by atoms with van der Waals surface area (Å²) < 4.78 is 0. The van der Waals surface area contributed by atoms with E-state index < -0.39 is 0 Å². The predicted molar refractivity (Wildman–Crippen MR) is 77.0 cm³/mol. The van der Waals surface area contributed by atoms with Gasteiger partial charge in [0.15, 0.2) is 0 Å². The third kappa shape index (κ3) is 2.30. The quantitative estimate of drug-likeness (QED) is 0.728. The van der Waals surface area contributed by atoms with Gasteiger partial charge in [0.25, 0.3) is 0 Å². The minimum absolute atomic E-state index is 0.0651. The Morgan fingerprint density at radius 1 is 0.684 bits per heavy atom. The van der Waals surface area contributed by atoms with Gasteiger partial charge in [-0.3, -0.25) is 0 Å². The Kier molecular flexibility index (Phi) is 2.94. The lowest BCUT2D eigenvalue weighted by molar-refractivity contribution is 0.282. The number of aliphatic hydroxyl groups is 1. The second kappa shape index (κ2) is 4.75. The standard InChI is InChI=1S/C17H14O2/c18-11-12-1-2-16-10-15(4-3-14(16)9-12)13-5-7-17(19)8-6-13/h1-10,18-19H,11H2. The smallest absolute Gasteiger partial charge is 0.115 e. The van der Waals surface area contributed by atoms with Crippen molar-refractivity contribution in [3.05, 3.63) is 66.2 Å². The third-order valence-corrected chi connectivity index (χ3v) is 3.29. The molecule has 2 N–H and O–H groups in total. The highest BCUT2D eigenvalue weighted by Crippen LogP contribution is 2.26. The van der Waals surface area contributed by atoms with Gasteiger partial charge in [0.05, 0.1) is 6.61 Å². The van der Waals surface area contributed by atoms with E-state index in [0.29, 0.717) is 0 Å². The summed E-state index contributed by atoms with van der Waals surface area (Å²) in [5, 5.41) is 20.7. The highest BCUT2D eigenvalue weighted by Gasteiger charge is 2.01. The molecule has 0 saturated carbocycles. The molecule has 0 spiro atoms. The van der Waals surface area contributed by atoms with Crippen molar-refractivity contribution in [2.75, 3.05) is 0 Å². The summed E-state index contributed by atoms with van der Waals surface area (Å²) in [5.74, 6) is 0.275. The lowest BCUT2D eigenvalue weighted by atomic mass is 10.00. The van der Waals surface area contributed by atoms with E-state index in [1.807, 2.05) is 30.3 Å². The molecule has 0 aliphatic heterocycles. The zero-order valence-corrected chi connectivity index (χ0v) is 10.4. The van der Waals surface area contributed by atoms with E-state index in [9.17, 15) is 5.11 Å². The highest BCUT2D eigenvalue weighted by atomic mass is 16.3. The maximum absolute atomic E-state index is 9.31. The normalized spacial score (nSPS) is 10.8. The first kappa shape index (κ1) is 11.8. The van der Waals surface area contributed by atoms with Gasteiger partial charge in [-0.1, -0.05) is 36.4 Å². The molecule has 0 fully saturated rings. The maximum atomic E-state index is 9.31. The topological polar surface area (TPSA) is 40.5 Å². The van der Waals surface area contributed by atoms with Crippen LogP contribution in [0.25, 0.3) is 21.9 Å². The van der Waals surface area contributed by atoms with Gasteiger partial charge in [-0.15, -0.1) is 0 Å². The van der Waals surface area contributed by atoms with Crippen molar-refractivity contribution in [1.29, 1.82) is 0 Å². The van der Waals surface area contributed by atoms with Crippen LogP contribution in [0.1, 0.15) is 5.56 Å². The summed E-state index contributed by atoms with van der Waals surface area (Å²) in [6.07, 6.45) is 0. The van der Waals surface area contributed by atoms with Crippen LogP contribution >= 0.6 is 0 Å². The van der Waals surface area contributed by atoms with Crippen molar-refractivity contribution in [2.24, 2.45) is 0 Å². The number of fused-ring (bicyclic) bond motifs is 1. The summed E-state index contributed by atoms with van der Waals surface area (Å²) in [7, 11) is 0. The minimum Gasteiger partial charge on any atom is -0.508 e. The van der Waals surface area contributed by atoms with Crippen molar-refractivity contribution in [1.82, 2.24) is 0 Å². The summed E-state index contributed by atoms with van der Waals surface area (Å²) in [6, 6.07) is 19.3. The Morgan fingerprint density at radius 3 is 2.05 bits per heavy atom. The first-order chi connectivity index (χ1) is 9.26. The van der Waals surface area contributed by atoms with Gasteiger partial charge >= 0.3 is 0 Å². The number of aromatic hydroxyl groups is 1. The minimum atomic E-state index is 0.0651. The Bertz CT molecular complexity index is 715. The van der Waals surface area contributed by atoms with E-state index in [2.05, 4.69) is 18.2 Å². The van der Waals surface area contributed by atoms with Gasteiger partial charge in [0.2, 0.25) is 0 Å². The Hall–Kier alpha value is -2.32. The van der Waals surface area contributed by atoms with Crippen LogP contribution in [0.4, 0.5) is 0 Å². The number of phenols is 1. The monoisotopic (exact) mass is 250 g/mol. The molecule has 0 heterocycles. The summed E-state index contributed by atoms with van der Waals surface area (Å²) in [6.45, 7) is 0.0651. The number of rotatable bonds is 2. The third-order valence-electron chi connectivity index (χ3n) is 3.29. The molecule has 0 aliphatic carbocycles. The fourth-order valence-corrected chi connectivity index (χ4v) is 2.23. The zero-order valence-electron chi connectivity index (χ0n) is 10.4. The first-order valence-electron chi connectivity index (χ1n) is 6.19. The first-order valence-corrected chi connectivity index (χ1v) is 6.19. The van der Waals surface area contributed by atoms with Gasteiger partial charge in [0.1, 0.15) is 5.75 Å². The predicted octanol–water partition coefficient (Wildman–Crippen LogP) is 3.70. The number of benzene rings is 3. The summed E-state index contributed by atoms with van der Waals surface area (Å²) >= 11 is 0. The van der Waals surface area contributed by atoms with E-state index in [1.165, 1.54) is 0 Å². The average Bonchev–Trinajstić information content (AvgIpc) is 2.47. The molecule has 0 atom stereocenters. The fourth-order valence-electron chi connectivity index (χ4n) is 2.23. The molecule has 0 radical (unpaired) electrons. The van der Waals surface area contributed by atoms with Gasteiger partial charge in [-0.2, -0.15) is 0 Å². The molecule has 2 heteroatoms. The molecule has 3 aromatic carbocycles. The molecule has 3 aromatic rings. The lowest BCUT2D eigenvalue weighted by Gasteiger charge is -2.06. The average molecular weight is 250 g/mol. The van der Waals surface area contributed by atoms with Gasteiger partial charge < -0.3 is 10.2 Å². The molecule has 2 nitrogen and oxygen atoms in total. The van der Waals surface area contributed by atoms with Crippen molar-refractivity contribution in [2.45, 2.75) is 6.61 Å². The zero-order chi connectivity index (χ0) is 13.2. The van der Waals surface area contributed by atoms with E-state index in [0.717, 1.165) is 27.5 Å². The molecule has 0 saturated heterocycles.